The van der Waals surface area contributed by atoms with Gasteiger partial charge in [-0.1, -0.05) is 6.07 Å². The Labute approximate surface area is 147 Å². The highest BCUT2D eigenvalue weighted by atomic mass is 32.2. The Bertz CT molecular complexity index is 653. The summed E-state index contributed by atoms with van der Waals surface area (Å²) in [4.78, 5) is 3.48. The van der Waals surface area contributed by atoms with E-state index in [1.54, 1.807) is 25.1 Å². The van der Waals surface area contributed by atoms with Gasteiger partial charge in [0, 0.05) is 36.8 Å². The van der Waals surface area contributed by atoms with E-state index in [0.29, 0.717) is 6.04 Å². The summed E-state index contributed by atoms with van der Waals surface area (Å²) in [7, 11) is 1.73. The Hall–Kier alpha value is -1.79. The van der Waals surface area contributed by atoms with Crippen LogP contribution in [0.4, 0.5) is 5.82 Å². The SMILES string of the molecule is COc1cc(CNC2CCCN(c3cccnn3)C2)ccc1SC. The molecule has 1 aromatic carbocycles. The lowest BCUT2D eigenvalue weighted by atomic mass is 10.1. The highest BCUT2D eigenvalue weighted by Gasteiger charge is 2.20. The minimum Gasteiger partial charge on any atom is -0.496 e. The second-order valence-electron chi connectivity index (χ2n) is 5.94. The van der Waals surface area contributed by atoms with Crippen LogP contribution in [0.1, 0.15) is 18.4 Å². The van der Waals surface area contributed by atoms with Crippen LogP contribution in [0.2, 0.25) is 0 Å². The summed E-state index contributed by atoms with van der Waals surface area (Å²) >= 11 is 1.71. The van der Waals surface area contributed by atoms with E-state index in [2.05, 4.69) is 44.9 Å². The molecule has 1 aromatic heterocycles. The first-order chi connectivity index (χ1) is 11.8. The first-order valence-electron chi connectivity index (χ1n) is 8.27. The number of nitrogens with zero attached hydrogens (tertiary/aromatic N) is 3. The number of methoxy groups -OCH3 is 1. The van der Waals surface area contributed by atoms with Gasteiger partial charge in [-0.2, -0.15) is 5.10 Å². The number of rotatable bonds is 6. The summed E-state index contributed by atoms with van der Waals surface area (Å²) in [6.07, 6.45) is 6.15. The third-order valence-corrected chi connectivity index (χ3v) is 5.12. The highest BCUT2D eigenvalue weighted by Crippen LogP contribution is 2.28. The van der Waals surface area contributed by atoms with Gasteiger partial charge in [-0.3, -0.25) is 0 Å². The van der Waals surface area contributed by atoms with Crippen molar-refractivity contribution in [1.82, 2.24) is 15.5 Å². The van der Waals surface area contributed by atoms with Crippen molar-refractivity contribution in [2.24, 2.45) is 0 Å². The number of ether oxygens (including phenoxy) is 1. The van der Waals surface area contributed by atoms with E-state index in [9.17, 15) is 0 Å². The molecule has 0 radical (unpaired) electrons. The molecule has 0 spiro atoms. The van der Waals surface area contributed by atoms with Crippen LogP contribution in [0.3, 0.4) is 0 Å². The Morgan fingerprint density at radius 2 is 2.29 bits per heavy atom. The molecule has 0 saturated carbocycles. The van der Waals surface area contributed by atoms with Gasteiger partial charge in [-0.25, -0.2) is 0 Å². The van der Waals surface area contributed by atoms with Crippen LogP contribution >= 0.6 is 11.8 Å². The first-order valence-corrected chi connectivity index (χ1v) is 9.49. The van der Waals surface area contributed by atoms with E-state index < -0.39 is 0 Å². The van der Waals surface area contributed by atoms with E-state index in [4.69, 9.17) is 4.74 Å². The average molecular weight is 344 g/mol. The number of benzene rings is 1. The van der Waals surface area contributed by atoms with Gasteiger partial charge in [0.1, 0.15) is 5.75 Å². The molecule has 5 nitrogen and oxygen atoms in total. The maximum Gasteiger partial charge on any atom is 0.151 e. The topological polar surface area (TPSA) is 50.3 Å². The Morgan fingerprint density at radius 1 is 1.38 bits per heavy atom. The zero-order chi connectivity index (χ0) is 16.8. The lowest BCUT2D eigenvalue weighted by Crippen LogP contribution is -2.45. The molecule has 1 N–H and O–H groups in total. The largest absolute Gasteiger partial charge is 0.496 e. The monoisotopic (exact) mass is 344 g/mol. The molecule has 1 aliphatic rings. The van der Waals surface area contributed by atoms with Crippen LogP contribution in [0, 0.1) is 0 Å². The second-order valence-corrected chi connectivity index (χ2v) is 6.79. The van der Waals surface area contributed by atoms with Crippen molar-refractivity contribution in [3.63, 3.8) is 0 Å². The van der Waals surface area contributed by atoms with E-state index in [1.165, 1.54) is 23.3 Å². The summed E-state index contributed by atoms with van der Waals surface area (Å²) < 4.78 is 5.47. The zero-order valence-corrected chi connectivity index (χ0v) is 15.1. The van der Waals surface area contributed by atoms with Crippen LogP contribution in [0.25, 0.3) is 0 Å². The van der Waals surface area contributed by atoms with Crippen LogP contribution in [0.15, 0.2) is 41.4 Å². The molecule has 3 rings (SSSR count). The molecule has 0 aliphatic carbocycles. The number of aromatic nitrogens is 2. The van der Waals surface area contributed by atoms with E-state index in [-0.39, 0.29) is 0 Å². The number of piperidine rings is 1. The molecule has 0 bridgehead atoms. The third-order valence-electron chi connectivity index (χ3n) is 4.35. The summed E-state index contributed by atoms with van der Waals surface area (Å²) in [5.74, 6) is 1.92. The van der Waals surface area contributed by atoms with Crippen molar-refractivity contribution in [2.45, 2.75) is 30.3 Å². The summed E-state index contributed by atoms with van der Waals surface area (Å²) in [6.45, 7) is 2.87. The van der Waals surface area contributed by atoms with E-state index >= 15 is 0 Å². The molecule has 2 aromatic rings. The van der Waals surface area contributed by atoms with Crippen molar-refractivity contribution in [1.29, 1.82) is 0 Å². The number of hydrogen-bond donors (Lipinski definition) is 1. The molecule has 1 fully saturated rings. The fourth-order valence-corrected chi connectivity index (χ4v) is 3.61. The Kier molecular flexibility index (Phi) is 5.93. The molecule has 1 aliphatic heterocycles. The van der Waals surface area contributed by atoms with Crippen molar-refractivity contribution < 1.29 is 4.74 Å². The smallest absolute Gasteiger partial charge is 0.151 e. The lowest BCUT2D eigenvalue weighted by Gasteiger charge is -2.33. The zero-order valence-electron chi connectivity index (χ0n) is 14.2. The molecule has 2 heterocycles. The molecule has 24 heavy (non-hydrogen) atoms. The molecule has 0 amide bonds. The van der Waals surface area contributed by atoms with Gasteiger partial charge in [0.05, 0.1) is 7.11 Å². The summed E-state index contributed by atoms with van der Waals surface area (Å²) in [5.41, 5.74) is 1.25. The van der Waals surface area contributed by atoms with E-state index in [0.717, 1.165) is 31.2 Å². The predicted molar refractivity (Wildman–Crippen MR) is 98.9 cm³/mol. The van der Waals surface area contributed by atoms with Gasteiger partial charge >= 0.3 is 0 Å². The van der Waals surface area contributed by atoms with Crippen molar-refractivity contribution in [3.05, 3.63) is 42.1 Å². The number of nitrogens with one attached hydrogen (secondary N) is 1. The maximum atomic E-state index is 5.47. The molecule has 6 heteroatoms. The first kappa shape index (κ1) is 17.0. The van der Waals surface area contributed by atoms with Crippen molar-refractivity contribution in [2.75, 3.05) is 31.4 Å². The van der Waals surface area contributed by atoms with Gasteiger partial charge < -0.3 is 15.0 Å². The normalized spacial score (nSPS) is 17.8. The fourth-order valence-electron chi connectivity index (χ4n) is 3.07. The molecular weight excluding hydrogens is 320 g/mol. The van der Waals surface area contributed by atoms with Gasteiger partial charge in [0.2, 0.25) is 0 Å². The standard InChI is InChI=1S/C18H24N4OS/c1-23-16-11-14(7-8-17(16)24-2)12-19-15-5-4-10-22(13-15)18-6-3-9-20-21-18/h3,6-9,11,15,19H,4-5,10,12-13H2,1-2H3. The van der Waals surface area contributed by atoms with Crippen LogP contribution in [-0.2, 0) is 6.54 Å². The molecule has 1 saturated heterocycles. The van der Waals surface area contributed by atoms with Gasteiger partial charge in [0.25, 0.3) is 0 Å². The predicted octanol–water partition coefficient (Wildman–Crippen LogP) is 2.97. The number of thioether (sulfide) groups is 1. The molecule has 1 atom stereocenters. The minimum atomic E-state index is 0.465. The molecule has 1 unspecified atom stereocenters. The van der Waals surface area contributed by atoms with Crippen molar-refractivity contribution >= 4 is 17.6 Å². The lowest BCUT2D eigenvalue weighted by molar-refractivity contribution is 0.401. The Balaban J connectivity index is 1.58. The van der Waals surface area contributed by atoms with Crippen molar-refractivity contribution in [3.8, 4) is 5.75 Å². The molecule has 128 valence electrons. The van der Waals surface area contributed by atoms with Gasteiger partial charge in [-0.05, 0) is 48.9 Å². The quantitative estimate of drug-likeness (QED) is 0.813. The third kappa shape index (κ3) is 4.19. The van der Waals surface area contributed by atoms with Crippen LogP contribution < -0.4 is 15.0 Å². The average Bonchev–Trinajstić information content (AvgIpc) is 2.67. The molecular formula is C18H24N4OS. The second kappa shape index (κ2) is 8.35. The van der Waals surface area contributed by atoms with Gasteiger partial charge in [0.15, 0.2) is 5.82 Å². The van der Waals surface area contributed by atoms with Gasteiger partial charge in [-0.15, -0.1) is 16.9 Å². The van der Waals surface area contributed by atoms with Crippen LogP contribution in [-0.4, -0.2) is 42.7 Å². The van der Waals surface area contributed by atoms with E-state index in [1.807, 2.05) is 12.1 Å². The number of anilines is 1. The summed E-state index contributed by atoms with van der Waals surface area (Å²) in [6, 6.07) is 10.9. The Morgan fingerprint density at radius 3 is 3.04 bits per heavy atom. The van der Waals surface area contributed by atoms with Crippen LogP contribution in [0.5, 0.6) is 5.75 Å². The fraction of sp³-hybridized carbons (Fsp3) is 0.444. The maximum absolute atomic E-state index is 5.47. The number of hydrogen-bond acceptors (Lipinski definition) is 6. The highest BCUT2D eigenvalue weighted by molar-refractivity contribution is 7.98. The minimum absolute atomic E-state index is 0.465. The summed E-state index contributed by atoms with van der Waals surface area (Å²) in [5, 5.41) is 11.9.